The summed E-state index contributed by atoms with van der Waals surface area (Å²) in [5, 5.41) is 12.9. The standard InChI is InChI=1S/C12H15N3S/c13-7-11-6-10(3-4-15-11)8-14-9-12-2-1-5-16-12/h3-4,6,12,14H,1-2,5,8-9H2. The van der Waals surface area contributed by atoms with E-state index in [0.717, 1.165) is 23.9 Å². The van der Waals surface area contributed by atoms with Crippen molar-refractivity contribution < 1.29 is 0 Å². The fourth-order valence-electron chi connectivity index (χ4n) is 1.83. The van der Waals surface area contributed by atoms with Crippen LogP contribution in [-0.4, -0.2) is 22.5 Å². The maximum atomic E-state index is 8.72. The van der Waals surface area contributed by atoms with Gasteiger partial charge in [-0.1, -0.05) is 0 Å². The summed E-state index contributed by atoms with van der Waals surface area (Å²) >= 11 is 2.06. The van der Waals surface area contributed by atoms with Crippen molar-refractivity contribution in [1.82, 2.24) is 10.3 Å². The van der Waals surface area contributed by atoms with Crippen molar-refractivity contribution in [3.63, 3.8) is 0 Å². The zero-order valence-electron chi connectivity index (χ0n) is 9.15. The van der Waals surface area contributed by atoms with Crippen molar-refractivity contribution in [1.29, 1.82) is 5.26 Å². The van der Waals surface area contributed by atoms with Crippen LogP contribution in [0, 0.1) is 11.3 Å². The van der Waals surface area contributed by atoms with Gasteiger partial charge in [0.15, 0.2) is 0 Å². The quantitative estimate of drug-likeness (QED) is 0.863. The second-order valence-corrected chi connectivity index (χ2v) is 5.34. The molecule has 0 amide bonds. The van der Waals surface area contributed by atoms with Crippen molar-refractivity contribution >= 4 is 11.8 Å². The van der Waals surface area contributed by atoms with E-state index < -0.39 is 0 Å². The van der Waals surface area contributed by atoms with Gasteiger partial charge in [0.25, 0.3) is 0 Å². The molecule has 0 aliphatic carbocycles. The molecular formula is C12H15N3S. The zero-order valence-corrected chi connectivity index (χ0v) is 9.96. The van der Waals surface area contributed by atoms with E-state index in [-0.39, 0.29) is 0 Å². The third kappa shape index (κ3) is 3.22. The molecule has 1 aliphatic heterocycles. The Bertz CT molecular complexity index is 380. The van der Waals surface area contributed by atoms with Gasteiger partial charge in [0.2, 0.25) is 0 Å². The molecule has 84 valence electrons. The number of rotatable bonds is 4. The van der Waals surface area contributed by atoms with E-state index in [1.54, 1.807) is 6.20 Å². The van der Waals surface area contributed by atoms with Crippen LogP contribution in [0.4, 0.5) is 0 Å². The molecule has 4 heteroatoms. The maximum Gasteiger partial charge on any atom is 0.140 e. The third-order valence-corrected chi connectivity index (χ3v) is 4.06. The summed E-state index contributed by atoms with van der Waals surface area (Å²) < 4.78 is 0. The van der Waals surface area contributed by atoms with E-state index in [4.69, 9.17) is 5.26 Å². The van der Waals surface area contributed by atoms with E-state index in [1.807, 2.05) is 12.1 Å². The van der Waals surface area contributed by atoms with Crippen LogP contribution in [0.25, 0.3) is 0 Å². The molecule has 2 rings (SSSR count). The van der Waals surface area contributed by atoms with Crippen LogP contribution >= 0.6 is 11.8 Å². The summed E-state index contributed by atoms with van der Waals surface area (Å²) in [4.78, 5) is 3.95. The highest BCUT2D eigenvalue weighted by atomic mass is 32.2. The number of pyridine rings is 1. The largest absolute Gasteiger partial charge is 0.312 e. The first-order valence-corrected chi connectivity index (χ1v) is 6.61. The smallest absolute Gasteiger partial charge is 0.140 e. The van der Waals surface area contributed by atoms with Crippen LogP contribution in [0.1, 0.15) is 24.1 Å². The van der Waals surface area contributed by atoms with Crippen molar-refractivity contribution in [2.75, 3.05) is 12.3 Å². The minimum Gasteiger partial charge on any atom is -0.312 e. The number of nitrogens with one attached hydrogen (secondary N) is 1. The normalized spacial score (nSPS) is 19.6. The number of hydrogen-bond acceptors (Lipinski definition) is 4. The van der Waals surface area contributed by atoms with E-state index in [1.165, 1.54) is 18.6 Å². The molecule has 3 nitrogen and oxygen atoms in total. The summed E-state index contributed by atoms with van der Waals surface area (Å²) in [5.74, 6) is 1.31. The minimum atomic E-state index is 0.495. The van der Waals surface area contributed by atoms with Gasteiger partial charge in [0.1, 0.15) is 11.8 Å². The summed E-state index contributed by atoms with van der Waals surface area (Å²) in [6, 6.07) is 5.85. The molecule has 16 heavy (non-hydrogen) atoms. The van der Waals surface area contributed by atoms with E-state index in [9.17, 15) is 0 Å². The summed E-state index contributed by atoms with van der Waals surface area (Å²) in [5.41, 5.74) is 1.63. The van der Waals surface area contributed by atoms with Crippen LogP contribution in [0.15, 0.2) is 18.3 Å². The Hall–Kier alpha value is -1.05. The van der Waals surface area contributed by atoms with Crippen LogP contribution < -0.4 is 5.32 Å². The van der Waals surface area contributed by atoms with Gasteiger partial charge in [-0.25, -0.2) is 4.98 Å². The lowest BCUT2D eigenvalue weighted by Gasteiger charge is -2.09. The Kier molecular flexibility index (Phi) is 4.20. The Balaban J connectivity index is 1.78. The van der Waals surface area contributed by atoms with Gasteiger partial charge in [-0.05, 0) is 36.3 Å². The summed E-state index contributed by atoms with van der Waals surface area (Å²) in [6.07, 6.45) is 4.38. The monoisotopic (exact) mass is 233 g/mol. The first-order chi connectivity index (χ1) is 7.88. The molecule has 0 bridgehead atoms. The molecule has 1 N–H and O–H groups in total. The van der Waals surface area contributed by atoms with Gasteiger partial charge in [-0.15, -0.1) is 0 Å². The van der Waals surface area contributed by atoms with Crippen molar-refractivity contribution in [3.8, 4) is 6.07 Å². The molecule has 1 atom stereocenters. The van der Waals surface area contributed by atoms with Gasteiger partial charge in [-0.2, -0.15) is 17.0 Å². The number of aromatic nitrogens is 1. The van der Waals surface area contributed by atoms with Crippen LogP contribution in [0.2, 0.25) is 0 Å². The van der Waals surface area contributed by atoms with Crippen LogP contribution in [-0.2, 0) is 6.54 Å². The zero-order chi connectivity index (χ0) is 11.2. The first-order valence-electron chi connectivity index (χ1n) is 5.56. The summed E-state index contributed by atoms with van der Waals surface area (Å²) in [6.45, 7) is 1.89. The van der Waals surface area contributed by atoms with Gasteiger partial charge >= 0.3 is 0 Å². The Morgan fingerprint density at radius 3 is 3.31 bits per heavy atom. The number of nitrogens with zero attached hydrogens (tertiary/aromatic N) is 2. The fourth-order valence-corrected chi connectivity index (χ4v) is 3.06. The SMILES string of the molecule is N#Cc1cc(CNCC2CCCS2)ccn1. The molecule has 0 saturated carbocycles. The van der Waals surface area contributed by atoms with Gasteiger partial charge < -0.3 is 5.32 Å². The van der Waals surface area contributed by atoms with E-state index in [2.05, 4.69) is 28.1 Å². The third-order valence-electron chi connectivity index (χ3n) is 2.66. The van der Waals surface area contributed by atoms with Crippen molar-refractivity contribution in [2.45, 2.75) is 24.6 Å². The molecule has 1 aromatic rings. The number of nitriles is 1. The minimum absolute atomic E-state index is 0.495. The van der Waals surface area contributed by atoms with Gasteiger partial charge in [-0.3, -0.25) is 0 Å². The topological polar surface area (TPSA) is 48.7 Å². The predicted octanol–water partition coefficient (Wildman–Crippen LogP) is 1.94. The average Bonchev–Trinajstić information content (AvgIpc) is 2.82. The molecule has 1 aliphatic rings. The second-order valence-electron chi connectivity index (χ2n) is 3.93. The highest BCUT2D eigenvalue weighted by Crippen LogP contribution is 2.25. The molecule has 1 fully saturated rings. The maximum absolute atomic E-state index is 8.72. The lowest BCUT2D eigenvalue weighted by molar-refractivity contribution is 0.645. The average molecular weight is 233 g/mol. The highest BCUT2D eigenvalue weighted by Gasteiger charge is 2.14. The molecule has 1 saturated heterocycles. The molecule has 1 aromatic heterocycles. The van der Waals surface area contributed by atoms with E-state index >= 15 is 0 Å². The Labute approximate surface area is 100 Å². The first kappa shape index (κ1) is 11.4. The van der Waals surface area contributed by atoms with Gasteiger partial charge in [0, 0.05) is 24.5 Å². The summed E-state index contributed by atoms with van der Waals surface area (Å²) in [7, 11) is 0. The van der Waals surface area contributed by atoms with Crippen molar-refractivity contribution in [2.24, 2.45) is 0 Å². The lowest BCUT2D eigenvalue weighted by atomic mass is 10.2. The van der Waals surface area contributed by atoms with E-state index in [0.29, 0.717) is 5.69 Å². The molecule has 0 spiro atoms. The van der Waals surface area contributed by atoms with Crippen LogP contribution in [0.3, 0.4) is 0 Å². The number of hydrogen-bond donors (Lipinski definition) is 1. The number of thioether (sulfide) groups is 1. The fraction of sp³-hybridized carbons (Fsp3) is 0.500. The molecule has 1 unspecified atom stereocenters. The van der Waals surface area contributed by atoms with Gasteiger partial charge in [0.05, 0.1) is 0 Å². The Morgan fingerprint density at radius 2 is 2.56 bits per heavy atom. The van der Waals surface area contributed by atoms with Crippen molar-refractivity contribution in [3.05, 3.63) is 29.6 Å². The van der Waals surface area contributed by atoms with Crippen LogP contribution in [0.5, 0.6) is 0 Å². The molecule has 0 radical (unpaired) electrons. The Morgan fingerprint density at radius 1 is 1.62 bits per heavy atom. The highest BCUT2D eigenvalue weighted by molar-refractivity contribution is 8.00. The molecular weight excluding hydrogens is 218 g/mol. The second kappa shape index (κ2) is 5.88. The molecule has 2 heterocycles. The molecule has 0 aromatic carbocycles. The lowest BCUT2D eigenvalue weighted by Crippen LogP contribution is -2.22. The predicted molar refractivity (Wildman–Crippen MR) is 66.1 cm³/mol.